The third-order valence-electron chi connectivity index (χ3n) is 3.04. The summed E-state index contributed by atoms with van der Waals surface area (Å²) in [7, 11) is 0. The molecule has 0 N–H and O–H groups in total. The lowest BCUT2D eigenvalue weighted by atomic mass is 9.89. The molecule has 2 saturated heterocycles. The number of carbonyl (C=O) groups excluding carboxylic acids is 2. The van der Waals surface area contributed by atoms with Gasteiger partial charge < -0.3 is 9.47 Å². The van der Waals surface area contributed by atoms with Crippen LogP contribution in [0.5, 0.6) is 0 Å². The van der Waals surface area contributed by atoms with Gasteiger partial charge in [-0.05, 0) is 6.92 Å². The van der Waals surface area contributed by atoms with Crippen LogP contribution in [-0.4, -0.2) is 36.2 Å². The van der Waals surface area contributed by atoms with Crippen molar-refractivity contribution < 1.29 is 19.1 Å². The van der Waals surface area contributed by atoms with Gasteiger partial charge in [-0.15, -0.1) is 0 Å². The van der Waals surface area contributed by atoms with Crippen molar-refractivity contribution in [3.05, 3.63) is 11.8 Å². The van der Waals surface area contributed by atoms with E-state index in [1.165, 1.54) is 0 Å². The van der Waals surface area contributed by atoms with E-state index in [0.717, 1.165) is 5.70 Å². The highest BCUT2D eigenvalue weighted by molar-refractivity contribution is 5.79. The molecule has 2 aliphatic heterocycles. The van der Waals surface area contributed by atoms with Crippen LogP contribution in [-0.2, 0) is 14.3 Å². The van der Waals surface area contributed by atoms with Crippen molar-refractivity contribution in [3.8, 4) is 0 Å². The topological polar surface area (TPSA) is 55.6 Å². The predicted molar refractivity (Wildman–Crippen MR) is 60.1 cm³/mol. The van der Waals surface area contributed by atoms with Gasteiger partial charge in [0.15, 0.2) is 0 Å². The maximum Gasteiger partial charge on any atom is 0.414 e. The smallest absolute Gasteiger partial charge is 0.414 e. The van der Waals surface area contributed by atoms with Gasteiger partial charge in [0.2, 0.25) is 0 Å². The Morgan fingerprint density at radius 1 is 1.65 bits per heavy atom. The van der Waals surface area contributed by atoms with Crippen LogP contribution in [0.4, 0.5) is 4.79 Å². The summed E-state index contributed by atoms with van der Waals surface area (Å²) in [6, 6.07) is 0.0816. The summed E-state index contributed by atoms with van der Waals surface area (Å²) in [6.07, 6.45) is 1.65. The summed E-state index contributed by atoms with van der Waals surface area (Å²) < 4.78 is 9.90. The number of cyclic esters (lactones) is 1. The molecule has 0 radical (unpaired) electrons. The van der Waals surface area contributed by atoms with Gasteiger partial charge in [-0.3, -0.25) is 9.69 Å². The van der Waals surface area contributed by atoms with Crippen LogP contribution in [0.2, 0.25) is 0 Å². The number of hydrogen-bond acceptors (Lipinski definition) is 4. The molecule has 0 aromatic heterocycles. The number of esters is 1. The molecule has 2 aliphatic rings. The van der Waals surface area contributed by atoms with E-state index >= 15 is 0 Å². The van der Waals surface area contributed by atoms with E-state index in [0.29, 0.717) is 13.2 Å². The summed E-state index contributed by atoms with van der Waals surface area (Å²) in [6.45, 7) is 6.66. The molecule has 2 rings (SSSR count). The van der Waals surface area contributed by atoms with Crippen molar-refractivity contribution in [2.45, 2.75) is 33.2 Å². The molecule has 1 atom stereocenters. The van der Waals surface area contributed by atoms with E-state index in [4.69, 9.17) is 9.47 Å². The highest BCUT2D eigenvalue weighted by atomic mass is 16.6. The highest BCUT2D eigenvalue weighted by Gasteiger charge is 2.58. The predicted octanol–water partition coefficient (Wildman–Crippen LogP) is 1.68. The van der Waals surface area contributed by atoms with Crippen molar-refractivity contribution in [1.82, 2.24) is 4.90 Å². The van der Waals surface area contributed by atoms with Crippen LogP contribution in [0, 0.1) is 5.41 Å². The molecule has 5 heteroatoms. The lowest BCUT2D eigenvalue weighted by Gasteiger charge is -2.27. The van der Waals surface area contributed by atoms with E-state index in [-0.39, 0.29) is 29.9 Å². The molecule has 17 heavy (non-hydrogen) atoms. The van der Waals surface area contributed by atoms with Crippen LogP contribution < -0.4 is 0 Å². The summed E-state index contributed by atoms with van der Waals surface area (Å²) in [5.41, 5.74) is 0.791. The van der Waals surface area contributed by atoms with Gasteiger partial charge in [-0.1, -0.05) is 19.9 Å². The number of hydrogen-bond donors (Lipinski definition) is 0. The third-order valence-corrected chi connectivity index (χ3v) is 3.04. The molecule has 0 aromatic carbocycles. The summed E-state index contributed by atoms with van der Waals surface area (Å²) in [5, 5.41) is 0. The first kappa shape index (κ1) is 12.0. The Morgan fingerprint density at radius 2 is 2.35 bits per heavy atom. The summed E-state index contributed by atoms with van der Waals surface area (Å²) in [5.74, 6) is -0.268. The number of ether oxygens (including phenoxy) is 2. The monoisotopic (exact) mass is 239 g/mol. The quantitative estimate of drug-likeness (QED) is 0.555. The highest BCUT2D eigenvalue weighted by Crippen LogP contribution is 2.49. The van der Waals surface area contributed by atoms with Gasteiger partial charge in [-0.25, -0.2) is 4.79 Å². The van der Waals surface area contributed by atoms with Crippen LogP contribution in [0.15, 0.2) is 11.8 Å². The van der Waals surface area contributed by atoms with Crippen LogP contribution in [0.25, 0.3) is 0 Å². The van der Waals surface area contributed by atoms with Crippen LogP contribution in [0.3, 0.4) is 0 Å². The molecule has 0 bridgehead atoms. The van der Waals surface area contributed by atoms with Gasteiger partial charge in [-0.2, -0.15) is 0 Å². The van der Waals surface area contributed by atoms with E-state index in [2.05, 4.69) is 0 Å². The number of fused-ring (bicyclic) bond motifs is 1. The fourth-order valence-corrected chi connectivity index (χ4v) is 2.18. The Bertz CT molecular complexity index is 386. The molecule has 1 amide bonds. The maximum absolute atomic E-state index is 11.5. The lowest BCUT2D eigenvalue weighted by molar-refractivity contribution is -0.142. The van der Waals surface area contributed by atoms with E-state index in [1.807, 2.05) is 13.8 Å². The second-order valence-electron chi connectivity index (χ2n) is 4.95. The van der Waals surface area contributed by atoms with Crippen molar-refractivity contribution in [3.63, 3.8) is 0 Å². The van der Waals surface area contributed by atoms with Crippen molar-refractivity contribution >= 4 is 12.1 Å². The average Bonchev–Trinajstić information content (AvgIpc) is 2.98. The zero-order valence-corrected chi connectivity index (χ0v) is 10.4. The first-order valence-electron chi connectivity index (χ1n) is 5.79. The summed E-state index contributed by atoms with van der Waals surface area (Å²) >= 11 is 0. The zero-order chi connectivity index (χ0) is 12.6. The average molecular weight is 239 g/mol. The molecular weight excluding hydrogens is 222 g/mol. The molecular formula is C12H17NO4. The van der Waals surface area contributed by atoms with Crippen LogP contribution >= 0.6 is 0 Å². The molecule has 0 saturated carbocycles. The van der Waals surface area contributed by atoms with Crippen molar-refractivity contribution in [2.24, 2.45) is 5.41 Å². The molecule has 0 aromatic rings. The Hall–Kier alpha value is -1.52. The Kier molecular flexibility index (Phi) is 2.85. The second-order valence-corrected chi connectivity index (χ2v) is 4.95. The minimum absolute atomic E-state index is 0.0816. The Labute approximate surface area is 100 Å². The van der Waals surface area contributed by atoms with E-state index < -0.39 is 0 Å². The Balaban J connectivity index is 2.02. The first-order valence-corrected chi connectivity index (χ1v) is 5.79. The molecule has 1 unspecified atom stereocenters. The third kappa shape index (κ3) is 2.14. The normalized spacial score (nSPS) is 27.5. The number of rotatable bonds is 3. The maximum atomic E-state index is 11.5. The minimum Gasteiger partial charge on any atom is -0.466 e. The molecule has 2 fully saturated rings. The van der Waals surface area contributed by atoms with Gasteiger partial charge in [0.05, 0.1) is 19.1 Å². The number of carbonyl (C=O) groups is 2. The minimum atomic E-state index is -0.315. The largest absolute Gasteiger partial charge is 0.466 e. The fourth-order valence-electron chi connectivity index (χ4n) is 2.18. The van der Waals surface area contributed by atoms with Gasteiger partial charge in [0, 0.05) is 11.1 Å². The zero-order valence-electron chi connectivity index (χ0n) is 10.4. The Morgan fingerprint density at radius 3 is 2.94 bits per heavy atom. The number of amides is 1. The summed E-state index contributed by atoms with van der Waals surface area (Å²) in [4.78, 5) is 24.3. The molecule has 2 heterocycles. The standard InChI is InChI=1S/C12H17NO4/c1-4-16-9(14)6-5-8-10-12(2,3)7-17-11(15)13(8)10/h5,10H,4,6-7H2,1-3H3/b8-5-. The first-order chi connectivity index (χ1) is 7.97. The van der Waals surface area contributed by atoms with Gasteiger partial charge in [0.25, 0.3) is 0 Å². The van der Waals surface area contributed by atoms with Gasteiger partial charge >= 0.3 is 12.1 Å². The molecule has 0 aliphatic carbocycles. The van der Waals surface area contributed by atoms with E-state index in [1.54, 1.807) is 17.9 Å². The number of nitrogens with zero attached hydrogens (tertiary/aromatic N) is 1. The van der Waals surface area contributed by atoms with Crippen molar-refractivity contribution in [1.29, 1.82) is 0 Å². The van der Waals surface area contributed by atoms with Gasteiger partial charge in [0.1, 0.15) is 6.61 Å². The molecule has 0 spiro atoms. The lowest BCUT2D eigenvalue weighted by Crippen LogP contribution is -2.37. The SMILES string of the molecule is CCOC(=O)C/C=C1/C2N1C(=O)OCC2(C)C. The molecule has 5 nitrogen and oxygen atoms in total. The second kappa shape index (κ2) is 4.05. The molecule has 94 valence electrons. The van der Waals surface area contributed by atoms with E-state index in [9.17, 15) is 9.59 Å². The van der Waals surface area contributed by atoms with Crippen LogP contribution in [0.1, 0.15) is 27.2 Å². The fraction of sp³-hybridized carbons (Fsp3) is 0.667. The van der Waals surface area contributed by atoms with Crippen molar-refractivity contribution in [2.75, 3.05) is 13.2 Å².